The van der Waals surface area contributed by atoms with E-state index < -0.39 is 0 Å². The van der Waals surface area contributed by atoms with E-state index in [0.717, 1.165) is 48.8 Å². The van der Waals surface area contributed by atoms with Crippen LogP contribution < -0.4 is 10.6 Å². The fourth-order valence-corrected chi connectivity index (χ4v) is 3.53. The van der Waals surface area contributed by atoms with E-state index in [2.05, 4.69) is 31.9 Å². The van der Waals surface area contributed by atoms with E-state index in [1.165, 1.54) is 0 Å². The zero-order valence-corrected chi connectivity index (χ0v) is 14.7. The smallest absolute Gasteiger partial charge is 0.210 e. The summed E-state index contributed by atoms with van der Waals surface area (Å²) in [5.74, 6) is 2.75. The monoisotopic (exact) mass is 350 g/mol. The number of hydrogen-bond acceptors (Lipinski definition) is 6. The Morgan fingerprint density at radius 2 is 2.12 bits per heavy atom. The van der Waals surface area contributed by atoms with Gasteiger partial charge in [0.2, 0.25) is 5.95 Å². The van der Waals surface area contributed by atoms with Crippen molar-refractivity contribution in [2.24, 2.45) is 5.92 Å². The second-order valence-electron chi connectivity index (χ2n) is 6.91. The number of hydrogen-bond donors (Lipinski definition) is 3. The van der Waals surface area contributed by atoms with Crippen LogP contribution in [-0.2, 0) is 0 Å². The standard InChI is InChI=1S/C18H22N8/c1-12-10-16(25-24-12)22-15-11-17-20-8-9-26(17)18(23-15)21-14-4-2-13(3-5-14)6-7-19/h8-11,13-14H,2-6H2,1H3,(H,21,23)(H2,22,24,25)/t13-,14-. The Balaban J connectivity index is 1.52. The number of rotatable bonds is 5. The quantitative estimate of drug-likeness (QED) is 0.651. The molecule has 1 fully saturated rings. The lowest BCUT2D eigenvalue weighted by Gasteiger charge is -2.28. The Bertz CT molecular complexity index is 926. The predicted octanol–water partition coefficient (Wildman–Crippen LogP) is 3.39. The number of nitrogens with zero attached hydrogens (tertiary/aromatic N) is 5. The van der Waals surface area contributed by atoms with Crippen LogP contribution in [0, 0.1) is 24.2 Å². The summed E-state index contributed by atoms with van der Waals surface area (Å²) in [4.78, 5) is 9.12. The molecule has 0 bridgehead atoms. The SMILES string of the molecule is Cc1cc(Nc2cc3nccn3c(N[C@H]3CC[C@H](CC#N)CC3)n2)n[nH]1. The number of aromatic amines is 1. The van der Waals surface area contributed by atoms with E-state index in [1.54, 1.807) is 6.20 Å². The van der Waals surface area contributed by atoms with E-state index in [4.69, 9.17) is 10.2 Å². The Morgan fingerprint density at radius 3 is 2.85 bits per heavy atom. The van der Waals surface area contributed by atoms with Crippen LogP contribution in [0.1, 0.15) is 37.8 Å². The maximum absolute atomic E-state index is 8.87. The molecule has 4 rings (SSSR count). The maximum atomic E-state index is 8.87. The van der Waals surface area contributed by atoms with Crippen LogP contribution in [0.15, 0.2) is 24.5 Å². The third-order valence-electron chi connectivity index (χ3n) is 4.91. The molecule has 0 radical (unpaired) electrons. The molecular weight excluding hydrogens is 328 g/mol. The van der Waals surface area contributed by atoms with Gasteiger partial charge in [-0.1, -0.05) is 0 Å². The normalized spacial score (nSPS) is 20.0. The highest BCUT2D eigenvalue weighted by Gasteiger charge is 2.22. The minimum Gasteiger partial charge on any atom is -0.353 e. The van der Waals surface area contributed by atoms with E-state index in [1.807, 2.05) is 29.7 Å². The first-order chi connectivity index (χ1) is 12.7. The lowest BCUT2D eigenvalue weighted by Crippen LogP contribution is -2.27. The number of H-pyrrole nitrogens is 1. The molecule has 1 aliphatic carbocycles. The second-order valence-corrected chi connectivity index (χ2v) is 6.91. The van der Waals surface area contributed by atoms with E-state index >= 15 is 0 Å². The van der Waals surface area contributed by atoms with Crippen LogP contribution in [0.4, 0.5) is 17.6 Å². The van der Waals surface area contributed by atoms with E-state index in [-0.39, 0.29) is 0 Å². The molecule has 3 heterocycles. The molecule has 1 saturated carbocycles. The van der Waals surface area contributed by atoms with Gasteiger partial charge in [0.25, 0.3) is 0 Å². The number of anilines is 3. The topological polar surface area (TPSA) is 107 Å². The highest BCUT2D eigenvalue weighted by Crippen LogP contribution is 2.28. The van der Waals surface area contributed by atoms with Crippen molar-refractivity contribution in [3.63, 3.8) is 0 Å². The van der Waals surface area contributed by atoms with Crippen LogP contribution in [0.25, 0.3) is 5.65 Å². The molecular formula is C18H22N8. The zero-order valence-electron chi connectivity index (χ0n) is 14.7. The summed E-state index contributed by atoms with van der Waals surface area (Å²) < 4.78 is 1.96. The summed E-state index contributed by atoms with van der Waals surface area (Å²) in [6.07, 6.45) is 8.63. The van der Waals surface area contributed by atoms with Gasteiger partial charge in [0.1, 0.15) is 11.5 Å². The fraction of sp³-hybridized carbons (Fsp3) is 0.444. The first-order valence-electron chi connectivity index (χ1n) is 8.98. The molecule has 0 atom stereocenters. The summed E-state index contributed by atoms with van der Waals surface area (Å²) >= 11 is 0. The maximum Gasteiger partial charge on any atom is 0.210 e. The Kier molecular flexibility index (Phi) is 4.44. The summed E-state index contributed by atoms with van der Waals surface area (Å²) in [6.45, 7) is 1.96. The number of aryl methyl sites for hydroxylation is 1. The van der Waals surface area contributed by atoms with Crippen LogP contribution in [-0.4, -0.2) is 30.6 Å². The van der Waals surface area contributed by atoms with Gasteiger partial charge in [0.15, 0.2) is 5.82 Å². The number of imidazole rings is 1. The molecule has 0 aliphatic heterocycles. The molecule has 3 aromatic rings. The molecule has 8 nitrogen and oxygen atoms in total. The average molecular weight is 350 g/mol. The largest absolute Gasteiger partial charge is 0.353 e. The minimum atomic E-state index is 0.367. The van der Waals surface area contributed by atoms with Crippen molar-refractivity contribution in [1.82, 2.24) is 24.6 Å². The first-order valence-corrected chi connectivity index (χ1v) is 8.98. The first kappa shape index (κ1) is 16.4. The second kappa shape index (κ2) is 7.04. The van der Waals surface area contributed by atoms with Gasteiger partial charge in [-0.2, -0.15) is 15.3 Å². The molecule has 1 aliphatic rings. The average Bonchev–Trinajstić information content (AvgIpc) is 3.26. The van der Waals surface area contributed by atoms with Crippen molar-refractivity contribution >= 4 is 23.2 Å². The molecule has 3 N–H and O–H groups in total. The van der Waals surface area contributed by atoms with Gasteiger partial charge in [0.05, 0.1) is 6.07 Å². The van der Waals surface area contributed by atoms with E-state index in [0.29, 0.717) is 24.2 Å². The van der Waals surface area contributed by atoms with Crippen molar-refractivity contribution in [2.75, 3.05) is 10.6 Å². The van der Waals surface area contributed by atoms with Gasteiger partial charge in [-0.05, 0) is 38.5 Å². The molecule has 134 valence electrons. The van der Waals surface area contributed by atoms with Crippen LogP contribution in [0.5, 0.6) is 0 Å². The van der Waals surface area contributed by atoms with Crippen molar-refractivity contribution < 1.29 is 0 Å². The van der Waals surface area contributed by atoms with Gasteiger partial charge < -0.3 is 10.6 Å². The molecule has 0 amide bonds. The third-order valence-corrected chi connectivity index (χ3v) is 4.91. The van der Waals surface area contributed by atoms with Crippen LogP contribution in [0.3, 0.4) is 0 Å². The molecule has 8 heteroatoms. The van der Waals surface area contributed by atoms with Gasteiger partial charge in [-0.3, -0.25) is 9.50 Å². The molecule has 0 spiro atoms. The number of aromatic nitrogens is 5. The number of nitriles is 1. The molecule has 26 heavy (non-hydrogen) atoms. The predicted molar refractivity (Wildman–Crippen MR) is 99.2 cm³/mol. The Hall–Kier alpha value is -3.08. The highest BCUT2D eigenvalue weighted by atomic mass is 15.2. The van der Waals surface area contributed by atoms with Gasteiger partial charge >= 0.3 is 0 Å². The number of nitrogens with one attached hydrogen (secondary N) is 3. The van der Waals surface area contributed by atoms with Crippen LogP contribution in [0.2, 0.25) is 0 Å². The minimum absolute atomic E-state index is 0.367. The fourth-order valence-electron chi connectivity index (χ4n) is 3.53. The van der Waals surface area contributed by atoms with Gasteiger partial charge in [0, 0.05) is 42.7 Å². The lowest BCUT2D eigenvalue weighted by molar-refractivity contribution is 0.342. The van der Waals surface area contributed by atoms with Gasteiger partial charge in [-0.15, -0.1) is 0 Å². The zero-order chi connectivity index (χ0) is 17.9. The third kappa shape index (κ3) is 3.47. The van der Waals surface area contributed by atoms with Gasteiger partial charge in [-0.25, -0.2) is 4.98 Å². The lowest BCUT2D eigenvalue weighted by atomic mass is 9.84. The molecule has 0 saturated heterocycles. The van der Waals surface area contributed by atoms with Crippen molar-refractivity contribution in [3.8, 4) is 6.07 Å². The highest BCUT2D eigenvalue weighted by molar-refractivity contribution is 5.61. The summed E-state index contributed by atoms with van der Waals surface area (Å²) in [7, 11) is 0. The van der Waals surface area contributed by atoms with Crippen molar-refractivity contribution in [2.45, 2.75) is 45.1 Å². The summed E-state index contributed by atoms with van der Waals surface area (Å²) in [5.41, 5.74) is 1.82. The van der Waals surface area contributed by atoms with Crippen molar-refractivity contribution in [3.05, 3.63) is 30.2 Å². The summed E-state index contributed by atoms with van der Waals surface area (Å²) in [6, 6.07) is 6.49. The van der Waals surface area contributed by atoms with Crippen molar-refractivity contribution in [1.29, 1.82) is 5.26 Å². The Morgan fingerprint density at radius 1 is 1.27 bits per heavy atom. The Labute approximate surface area is 151 Å². The van der Waals surface area contributed by atoms with Crippen LogP contribution >= 0.6 is 0 Å². The molecule has 0 unspecified atom stereocenters. The summed E-state index contributed by atoms with van der Waals surface area (Å²) in [5, 5.41) is 22.8. The molecule has 3 aromatic heterocycles. The van der Waals surface area contributed by atoms with E-state index in [9.17, 15) is 0 Å². The number of fused-ring (bicyclic) bond motifs is 1. The molecule has 0 aromatic carbocycles.